The van der Waals surface area contributed by atoms with Gasteiger partial charge in [-0.25, -0.2) is 9.67 Å². The number of rotatable bonds is 8. The summed E-state index contributed by atoms with van der Waals surface area (Å²) in [6, 6.07) is 72.4. The summed E-state index contributed by atoms with van der Waals surface area (Å²) in [7, 11) is 0. The van der Waals surface area contributed by atoms with Gasteiger partial charge in [0.25, 0.3) is 0 Å². The summed E-state index contributed by atoms with van der Waals surface area (Å²) >= 11 is 0. The Morgan fingerprint density at radius 1 is 0.364 bits per heavy atom. The number of nitrogens with one attached hydrogen (secondary N) is 1. The van der Waals surface area contributed by atoms with Crippen molar-refractivity contribution in [1.29, 1.82) is 0 Å². The molecule has 0 amide bonds. The van der Waals surface area contributed by atoms with Crippen LogP contribution in [0, 0.1) is 0 Å². The predicted octanol–water partition coefficient (Wildman–Crippen LogP) is 15.5. The van der Waals surface area contributed by atoms with Crippen LogP contribution >= 0.6 is 0 Å². The van der Waals surface area contributed by atoms with Crippen LogP contribution in [-0.2, 0) is 13.1 Å². The lowest BCUT2D eigenvalue weighted by atomic mass is 10.0. The van der Waals surface area contributed by atoms with E-state index >= 15 is 0 Å². The van der Waals surface area contributed by atoms with Gasteiger partial charge in [-0.3, -0.25) is 0 Å². The van der Waals surface area contributed by atoms with Gasteiger partial charge in [0, 0.05) is 89.6 Å². The van der Waals surface area contributed by atoms with Gasteiger partial charge in [-0.05, 0) is 114 Å². The van der Waals surface area contributed by atoms with Gasteiger partial charge in [-0.15, -0.1) is 5.10 Å². The molecule has 4 aromatic heterocycles. The SMILES string of the molecule is CCn1c2ccccc2c2cc(-c3ccc(-c4nc(-c5ccc(-c6ccc7[nH]c8ccccc8c7c6)cc5)n(-c5ccc(-c6ccc7c(c6)c6ccccc6n7CC)cc5)n4)cc3)ccc21. The molecular formula is C60H44N6. The topological polar surface area (TPSA) is 56.4 Å². The van der Waals surface area contributed by atoms with Crippen LogP contribution in [0.3, 0.4) is 0 Å². The number of benzene rings is 9. The number of nitrogens with zero attached hydrogens (tertiary/aromatic N) is 5. The van der Waals surface area contributed by atoms with Gasteiger partial charge in [0.15, 0.2) is 11.6 Å². The van der Waals surface area contributed by atoms with E-state index in [0.29, 0.717) is 5.82 Å². The average Bonchev–Trinajstić information content (AvgIpc) is 4.15. The number of hydrogen-bond donors (Lipinski definition) is 1. The molecule has 0 bridgehead atoms. The van der Waals surface area contributed by atoms with Crippen LogP contribution in [0.25, 0.3) is 127 Å². The number of H-pyrrole nitrogens is 1. The van der Waals surface area contributed by atoms with Crippen LogP contribution in [0.2, 0.25) is 0 Å². The minimum Gasteiger partial charge on any atom is -0.355 e. The number of para-hydroxylation sites is 3. The maximum absolute atomic E-state index is 5.28. The van der Waals surface area contributed by atoms with Gasteiger partial charge in [-0.2, -0.15) is 0 Å². The molecule has 0 spiro atoms. The first-order valence-electron chi connectivity index (χ1n) is 22.9. The Morgan fingerprint density at radius 3 is 1.36 bits per heavy atom. The van der Waals surface area contributed by atoms with Gasteiger partial charge >= 0.3 is 0 Å². The molecule has 4 heterocycles. The molecule has 0 saturated carbocycles. The molecule has 0 saturated heterocycles. The Hall–Kier alpha value is -8.48. The normalized spacial score (nSPS) is 11.9. The molecular weight excluding hydrogens is 805 g/mol. The maximum Gasteiger partial charge on any atom is 0.182 e. The first-order chi connectivity index (χ1) is 32.6. The van der Waals surface area contributed by atoms with Crippen LogP contribution in [0.4, 0.5) is 0 Å². The van der Waals surface area contributed by atoms with Crippen molar-refractivity contribution in [2.24, 2.45) is 0 Å². The van der Waals surface area contributed by atoms with Gasteiger partial charge in [0.05, 0.1) is 5.69 Å². The van der Waals surface area contributed by atoms with E-state index in [2.05, 4.69) is 228 Å². The second-order valence-electron chi connectivity index (χ2n) is 17.3. The Bertz CT molecular complexity index is 3990. The van der Waals surface area contributed by atoms with Crippen molar-refractivity contribution in [3.05, 3.63) is 200 Å². The van der Waals surface area contributed by atoms with Gasteiger partial charge < -0.3 is 14.1 Å². The van der Waals surface area contributed by atoms with Crippen molar-refractivity contribution in [3.63, 3.8) is 0 Å². The highest BCUT2D eigenvalue weighted by atomic mass is 15.4. The Balaban J connectivity index is 0.876. The van der Waals surface area contributed by atoms with Crippen molar-refractivity contribution in [3.8, 4) is 61.8 Å². The second-order valence-corrected chi connectivity index (χ2v) is 17.3. The molecule has 6 nitrogen and oxygen atoms in total. The van der Waals surface area contributed by atoms with E-state index in [1.54, 1.807) is 0 Å². The molecule has 13 aromatic rings. The van der Waals surface area contributed by atoms with Crippen LogP contribution in [0.5, 0.6) is 0 Å². The smallest absolute Gasteiger partial charge is 0.182 e. The fourth-order valence-electron chi connectivity index (χ4n) is 10.4. The molecule has 0 atom stereocenters. The third kappa shape index (κ3) is 6.02. The minimum atomic E-state index is 0.675. The van der Waals surface area contributed by atoms with E-state index in [1.165, 1.54) is 71.1 Å². The van der Waals surface area contributed by atoms with Crippen LogP contribution < -0.4 is 0 Å². The van der Waals surface area contributed by atoms with Crippen molar-refractivity contribution < 1.29 is 0 Å². The molecule has 6 heteroatoms. The number of aryl methyl sites for hydroxylation is 2. The van der Waals surface area contributed by atoms with Gasteiger partial charge in [0.1, 0.15) is 0 Å². The van der Waals surface area contributed by atoms with Crippen molar-refractivity contribution >= 4 is 65.4 Å². The fourth-order valence-corrected chi connectivity index (χ4v) is 10.4. The lowest BCUT2D eigenvalue weighted by Gasteiger charge is -2.09. The summed E-state index contributed by atoms with van der Waals surface area (Å²) in [6.07, 6.45) is 0. The molecule has 13 rings (SSSR count). The Labute approximate surface area is 381 Å². The number of hydrogen-bond acceptors (Lipinski definition) is 2. The van der Waals surface area contributed by atoms with Crippen molar-refractivity contribution in [2.75, 3.05) is 0 Å². The first kappa shape index (κ1) is 38.0. The second kappa shape index (κ2) is 15.1. The zero-order chi connectivity index (χ0) is 43.9. The number of fused-ring (bicyclic) bond motifs is 9. The third-order valence-corrected chi connectivity index (χ3v) is 13.7. The summed E-state index contributed by atoms with van der Waals surface area (Å²) in [5.74, 6) is 1.46. The highest BCUT2D eigenvalue weighted by Crippen LogP contribution is 2.37. The Morgan fingerprint density at radius 2 is 0.788 bits per heavy atom. The number of aromatic amines is 1. The van der Waals surface area contributed by atoms with Crippen LogP contribution in [0.1, 0.15) is 13.8 Å². The number of aromatic nitrogens is 6. The lowest BCUT2D eigenvalue weighted by Crippen LogP contribution is -2.00. The highest BCUT2D eigenvalue weighted by molar-refractivity contribution is 6.11. The average molecular weight is 849 g/mol. The van der Waals surface area contributed by atoms with Crippen LogP contribution in [0.15, 0.2) is 200 Å². The summed E-state index contributed by atoms with van der Waals surface area (Å²) in [5, 5.41) is 12.8. The van der Waals surface area contributed by atoms with E-state index in [1.807, 2.05) is 4.68 Å². The largest absolute Gasteiger partial charge is 0.355 e. The van der Waals surface area contributed by atoms with Crippen molar-refractivity contribution in [2.45, 2.75) is 26.9 Å². The van der Waals surface area contributed by atoms with Gasteiger partial charge in [0.2, 0.25) is 0 Å². The highest BCUT2D eigenvalue weighted by Gasteiger charge is 2.18. The molecule has 0 radical (unpaired) electrons. The summed E-state index contributed by atoms with van der Waals surface area (Å²) in [5.41, 5.74) is 17.3. The fraction of sp³-hybridized carbons (Fsp3) is 0.0667. The zero-order valence-corrected chi connectivity index (χ0v) is 36.7. The molecule has 0 aliphatic heterocycles. The molecule has 0 aliphatic carbocycles. The standard InChI is InChI=1S/C60H44N6/c1-3-64-55-15-9-6-12-48(55)51-36-44(28-33-57(51)64)38-17-21-41(22-18-38)59-62-60(42-23-19-39(20-24-42)43-27-32-54-50(35-43)47-11-5-8-14-53(47)61-54)66(63-59)46-30-25-40(26-31-46)45-29-34-58-52(37-45)49-13-7-10-16-56(49)65(58)4-2/h5-37,61H,3-4H2,1-2H3. The minimum absolute atomic E-state index is 0.675. The molecule has 0 unspecified atom stereocenters. The van der Waals surface area contributed by atoms with E-state index in [4.69, 9.17) is 10.1 Å². The summed E-state index contributed by atoms with van der Waals surface area (Å²) in [4.78, 5) is 8.84. The monoisotopic (exact) mass is 848 g/mol. The zero-order valence-electron chi connectivity index (χ0n) is 36.7. The van der Waals surface area contributed by atoms with E-state index in [9.17, 15) is 0 Å². The molecule has 1 N–H and O–H groups in total. The van der Waals surface area contributed by atoms with Gasteiger partial charge in [-0.1, -0.05) is 133 Å². The molecule has 0 aliphatic rings. The first-order valence-corrected chi connectivity index (χ1v) is 22.9. The third-order valence-electron chi connectivity index (χ3n) is 13.7. The van der Waals surface area contributed by atoms with E-state index < -0.39 is 0 Å². The predicted molar refractivity (Wildman–Crippen MR) is 275 cm³/mol. The maximum atomic E-state index is 5.28. The molecule has 9 aromatic carbocycles. The molecule has 314 valence electrons. The molecule has 66 heavy (non-hydrogen) atoms. The quantitative estimate of drug-likeness (QED) is 0.166. The van der Waals surface area contributed by atoms with E-state index in [-0.39, 0.29) is 0 Å². The van der Waals surface area contributed by atoms with Crippen molar-refractivity contribution in [1.82, 2.24) is 28.9 Å². The Kier molecular flexibility index (Phi) is 8.68. The molecule has 0 fully saturated rings. The van der Waals surface area contributed by atoms with E-state index in [0.717, 1.165) is 63.5 Å². The summed E-state index contributed by atoms with van der Waals surface area (Å²) in [6.45, 7) is 6.28. The lowest BCUT2D eigenvalue weighted by molar-refractivity contribution is 0.827. The summed E-state index contributed by atoms with van der Waals surface area (Å²) < 4.78 is 6.79. The van der Waals surface area contributed by atoms with Crippen LogP contribution in [-0.4, -0.2) is 28.9 Å².